The predicted octanol–water partition coefficient (Wildman–Crippen LogP) is 1.37. The molecule has 0 aliphatic carbocycles. The summed E-state index contributed by atoms with van der Waals surface area (Å²) in [4.78, 5) is 25.8. The Hall–Kier alpha value is -2.38. The van der Waals surface area contributed by atoms with Gasteiger partial charge >= 0.3 is 6.09 Å². The minimum absolute atomic E-state index is 0.126. The summed E-state index contributed by atoms with van der Waals surface area (Å²) < 4.78 is 10.9. The van der Waals surface area contributed by atoms with Crippen molar-refractivity contribution in [3.63, 3.8) is 0 Å². The van der Waals surface area contributed by atoms with E-state index in [4.69, 9.17) is 9.47 Å². The summed E-state index contributed by atoms with van der Waals surface area (Å²) in [6.07, 6.45) is 1.55. The van der Waals surface area contributed by atoms with Crippen LogP contribution >= 0.6 is 0 Å². The first-order chi connectivity index (χ1) is 11.2. The maximum absolute atomic E-state index is 12.4. The van der Waals surface area contributed by atoms with Gasteiger partial charge < -0.3 is 19.7 Å². The van der Waals surface area contributed by atoms with Gasteiger partial charge in [0.05, 0.1) is 6.54 Å². The molecular weight excluding hydrogens is 312 g/mol. The quantitative estimate of drug-likeness (QED) is 0.892. The van der Waals surface area contributed by atoms with Gasteiger partial charge in [-0.25, -0.2) is 4.79 Å². The Morgan fingerprint density at radius 3 is 2.79 bits per heavy atom. The van der Waals surface area contributed by atoms with Crippen LogP contribution in [-0.2, 0) is 9.53 Å². The van der Waals surface area contributed by atoms with E-state index in [2.05, 4.69) is 15.5 Å². The lowest BCUT2D eigenvalue weighted by Gasteiger charge is -2.24. The first-order valence-electron chi connectivity index (χ1n) is 7.97. The molecule has 2 amide bonds. The van der Waals surface area contributed by atoms with Crippen LogP contribution in [-0.4, -0.2) is 57.9 Å². The van der Waals surface area contributed by atoms with Gasteiger partial charge in [0.2, 0.25) is 11.8 Å². The molecule has 132 valence electrons. The summed E-state index contributed by atoms with van der Waals surface area (Å²) in [5.41, 5.74) is -0.601. The second-order valence-corrected chi connectivity index (χ2v) is 6.74. The lowest BCUT2D eigenvalue weighted by atomic mass is 10.2. The summed E-state index contributed by atoms with van der Waals surface area (Å²) in [5, 5.41) is 10.2. The van der Waals surface area contributed by atoms with Crippen molar-refractivity contribution >= 4 is 12.0 Å². The molecule has 1 aliphatic rings. The van der Waals surface area contributed by atoms with Gasteiger partial charge in [0.15, 0.2) is 0 Å². The fourth-order valence-electron chi connectivity index (χ4n) is 2.37. The van der Waals surface area contributed by atoms with Gasteiger partial charge in [-0.1, -0.05) is 0 Å². The van der Waals surface area contributed by atoms with Crippen LogP contribution in [0, 0.1) is 0 Å². The Morgan fingerprint density at radius 2 is 2.17 bits per heavy atom. The lowest BCUT2D eigenvalue weighted by Crippen LogP contribution is -2.47. The molecule has 2 atom stereocenters. The van der Waals surface area contributed by atoms with Gasteiger partial charge in [-0.2, -0.15) is 5.10 Å². The first-order valence-corrected chi connectivity index (χ1v) is 7.97. The zero-order valence-electron chi connectivity index (χ0n) is 14.5. The lowest BCUT2D eigenvalue weighted by molar-refractivity contribution is -0.132. The van der Waals surface area contributed by atoms with Gasteiger partial charge in [0, 0.05) is 25.2 Å². The molecule has 2 rings (SSSR count). The Morgan fingerprint density at radius 1 is 1.42 bits per heavy atom. The molecule has 1 saturated heterocycles. The van der Waals surface area contributed by atoms with Crippen molar-refractivity contribution in [3.05, 3.63) is 18.3 Å². The molecule has 0 aromatic carbocycles. The zero-order chi connectivity index (χ0) is 17.7. The minimum atomic E-state index is -0.657. The summed E-state index contributed by atoms with van der Waals surface area (Å²) in [6.45, 7) is 7.98. The van der Waals surface area contributed by atoms with Crippen molar-refractivity contribution in [3.8, 4) is 5.88 Å². The SMILES string of the molecule is CC(NC(=O)OC(C)(C)C)C(=O)N1CCC(Oc2cccnn2)C1. The number of ether oxygens (including phenoxy) is 2. The monoisotopic (exact) mass is 336 g/mol. The van der Waals surface area contributed by atoms with Gasteiger partial charge in [-0.15, -0.1) is 5.10 Å². The second kappa shape index (κ2) is 7.46. The Bertz CT molecular complexity index is 573. The Balaban J connectivity index is 1.81. The maximum Gasteiger partial charge on any atom is 0.408 e. The van der Waals surface area contributed by atoms with Gasteiger partial charge in [-0.05, 0) is 33.8 Å². The van der Waals surface area contributed by atoms with Gasteiger partial charge in [0.1, 0.15) is 17.7 Å². The van der Waals surface area contributed by atoms with Gasteiger partial charge in [-0.3, -0.25) is 4.79 Å². The highest BCUT2D eigenvalue weighted by molar-refractivity contribution is 5.85. The average molecular weight is 336 g/mol. The highest BCUT2D eigenvalue weighted by atomic mass is 16.6. The standard InChI is InChI=1S/C16H24N4O4/c1-11(18-15(22)24-16(2,3)4)14(21)20-9-7-12(10-20)23-13-6-5-8-17-19-13/h5-6,8,11-12H,7,9-10H2,1-4H3,(H,18,22). The summed E-state index contributed by atoms with van der Waals surface area (Å²) in [7, 11) is 0. The number of nitrogens with one attached hydrogen (secondary N) is 1. The van der Waals surface area contributed by atoms with Crippen molar-refractivity contribution in [2.75, 3.05) is 13.1 Å². The van der Waals surface area contributed by atoms with Crippen LogP contribution in [0.2, 0.25) is 0 Å². The zero-order valence-corrected chi connectivity index (χ0v) is 14.5. The van der Waals surface area contributed by atoms with Crippen LogP contribution in [0.25, 0.3) is 0 Å². The Labute approximate surface area is 141 Å². The highest BCUT2D eigenvalue weighted by Crippen LogP contribution is 2.16. The van der Waals surface area contributed by atoms with E-state index >= 15 is 0 Å². The molecule has 8 heteroatoms. The van der Waals surface area contributed by atoms with Crippen LogP contribution < -0.4 is 10.1 Å². The average Bonchev–Trinajstić information content (AvgIpc) is 2.93. The van der Waals surface area contributed by atoms with Crippen LogP contribution in [0.5, 0.6) is 5.88 Å². The van der Waals surface area contributed by atoms with Crippen LogP contribution in [0.15, 0.2) is 18.3 Å². The van der Waals surface area contributed by atoms with E-state index in [0.29, 0.717) is 25.4 Å². The number of hydrogen-bond donors (Lipinski definition) is 1. The summed E-state index contributed by atoms with van der Waals surface area (Å²) in [6, 6.07) is 2.81. The Kier molecular flexibility index (Phi) is 5.58. The number of alkyl carbamates (subject to hydrolysis) is 1. The number of likely N-dealkylation sites (tertiary alicyclic amines) is 1. The molecule has 8 nitrogen and oxygen atoms in total. The number of aromatic nitrogens is 2. The largest absolute Gasteiger partial charge is 0.471 e. The predicted molar refractivity (Wildman–Crippen MR) is 86.5 cm³/mol. The third-order valence-corrected chi connectivity index (χ3v) is 3.40. The molecule has 1 aromatic rings. The number of rotatable bonds is 4. The molecule has 1 fully saturated rings. The van der Waals surface area contributed by atoms with E-state index in [1.54, 1.807) is 50.9 Å². The molecule has 24 heavy (non-hydrogen) atoms. The fraction of sp³-hybridized carbons (Fsp3) is 0.625. The smallest absolute Gasteiger partial charge is 0.408 e. The van der Waals surface area contributed by atoms with Crippen molar-refractivity contribution in [1.82, 2.24) is 20.4 Å². The number of hydrogen-bond acceptors (Lipinski definition) is 6. The summed E-state index contributed by atoms with van der Waals surface area (Å²) in [5.74, 6) is 0.280. The number of amides is 2. The molecule has 1 aromatic heterocycles. The molecule has 1 N–H and O–H groups in total. The van der Waals surface area contributed by atoms with Crippen molar-refractivity contribution in [2.24, 2.45) is 0 Å². The normalized spacial score (nSPS) is 18.8. The van der Waals surface area contributed by atoms with Crippen LogP contribution in [0.3, 0.4) is 0 Å². The molecule has 1 aliphatic heterocycles. The number of carbonyl (C=O) groups excluding carboxylic acids is 2. The second-order valence-electron chi connectivity index (χ2n) is 6.74. The molecular formula is C16H24N4O4. The molecule has 0 radical (unpaired) electrons. The van der Waals surface area contributed by atoms with Crippen LogP contribution in [0.1, 0.15) is 34.1 Å². The first kappa shape index (κ1) is 18.0. The van der Waals surface area contributed by atoms with E-state index in [1.165, 1.54) is 0 Å². The molecule has 0 spiro atoms. The highest BCUT2D eigenvalue weighted by Gasteiger charge is 2.31. The molecule has 0 bridgehead atoms. The number of nitrogens with zero attached hydrogens (tertiary/aromatic N) is 3. The van der Waals surface area contributed by atoms with E-state index < -0.39 is 17.7 Å². The third-order valence-electron chi connectivity index (χ3n) is 3.40. The van der Waals surface area contributed by atoms with E-state index in [-0.39, 0.29) is 12.0 Å². The third kappa shape index (κ3) is 5.36. The molecule has 0 saturated carbocycles. The van der Waals surface area contributed by atoms with E-state index in [1.807, 2.05) is 0 Å². The topological polar surface area (TPSA) is 93.7 Å². The van der Waals surface area contributed by atoms with Gasteiger partial charge in [0.25, 0.3) is 0 Å². The van der Waals surface area contributed by atoms with Crippen molar-refractivity contribution < 1.29 is 19.1 Å². The molecule has 2 unspecified atom stereocenters. The van der Waals surface area contributed by atoms with Crippen molar-refractivity contribution in [2.45, 2.75) is 51.9 Å². The van der Waals surface area contributed by atoms with E-state index in [0.717, 1.165) is 0 Å². The summed E-state index contributed by atoms with van der Waals surface area (Å²) >= 11 is 0. The number of carbonyl (C=O) groups is 2. The van der Waals surface area contributed by atoms with E-state index in [9.17, 15) is 9.59 Å². The fourth-order valence-corrected chi connectivity index (χ4v) is 2.37. The van der Waals surface area contributed by atoms with Crippen LogP contribution in [0.4, 0.5) is 4.79 Å². The van der Waals surface area contributed by atoms with Crippen molar-refractivity contribution in [1.29, 1.82) is 0 Å². The maximum atomic E-state index is 12.4. The minimum Gasteiger partial charge on any atom is -0.471 e. The molecule has 2 heterocycles.